The van der Waals surface area contributed by atoms with Gasteiger partial charge in [0, 0.05) is 25.9 Å². The second-order valence-corrected chi connectivity index (χ2v) is 7.22. The van der Waals surface area contributed by atoms with Gasteiger partial charge in [-0.25, -0.2) is 0 Å². The molecule has 0 bridgehead atoms. The fourth-order valence-electron chi connectivity index (χ4n) is 3.84. The van der Waals surface area contributed by atoms with Crippen LogP contribution in [0.15, 0.2) is 0 Å². The van der Waals surface area contributed by atoms with Gasteiger partial charge in [-0.15, -0.1) is 0 Å². The lowest BCUT2D eigenvalue weighted by Crippen LogP contribution is -2.48. The summed E-state index contributed by atoms with van der Waals surface area (Å²) in [6.07, 6.45) is 5.84. The predicted molar refractivity (Wildman–Crippen MR) is 78.4 cm³/mol. The Kier molecular flexibility index (Phi) is 4.91. The topological polar surface area (TPSA) is 30.5 Å². The molecular weight excluding hydrogens is 238 g/mol. The van der Waals surface area contributed by atoms with E-state index in [-0.39, 0.29) is 5.60 Å². The van der Waals surface area contributed by atoms with Crippen molar-refractivity contribution in [3.8, 4) is 0 Å². The Balaban J connectivity index is 1.99. The summed E-state index contributed by atoms with van der Waals surface area (Å²) in [7, 11) is 2.06. The number of rotatable bonds is 4. The molecule has 1 N–H and O–H groups in total. The van der Waals surface area contributed by atoms with Gasteiger partial charge in [0.25, 0.3) is 0 Å². The van der Waals surface area contributed by atoms with E-state index in [9.17, 15) is 0 Å². The Bertz CT molecular complexity index is 279. The molecule has 3 nitrogen and oxygen atoms in total. The van der Waals surface area contributed by atoms with E-state index < -0.39 is 0 Å². The molecule has 2 rings (SSSR count). The molecular formula is C16H31NO2. The van der Waals surface area contributed by atoms with Gasteiger partial charge in [0.1, 0.15) is 0 Å². The van der Waals surface area contributed by atoms with Gasteiger partial charge in [-0.05, 0) is 57.4 Å². The van der Waals surface area contributed by atoms with E-state index in [2.05, 4.69) is 33.1 Å². The smallest absolute Gasteiger partial charge is 0.0729 e. The van der Waals surface area contributed by atoms with E-state index in [0.717, 1.165) is 38.6 Å². The standard InChI is InChI=1S/C16H31NO2/c1-13(17-4)11-15(2,3)14-5-8-19-16(12-14)6-9-18-10-7-16/h13-14,17H,5-12H2,1-4H3. The quantitative estimate of drug-likeness (QED) is 0.851. The summed E-state index contributed by atoms with van der Waals surface area (Å²) in [5.74, 6) is 0.773. The van der Waals surface area contributed by atoms with Gasteiger partial charge in [0.05, 0.1) is 5.60 Å². The van der Waals surface area contributed by atoms with E-state index in [1.807, 2.05) is 0 Å². The first-order valence-corrected chi connectivity index (χ1v) is 7.86. The van der Waals surface area contributed by atoms with E-state index in [1.54, 1.807) is 0 Å². The fraction of sp³-hybridized carbons (Fsp3) is 1.00. The molecule has 112 valence electrons. The van der Waals surface area contributed by atoms with Crippen LogP contribution < -0.4 is 5.32 Å². The molecule has 0 amide bonds. The maximum atomic E-state index is 6.17. The molecule has 3 heteroatoms. The summed E-state index contributed by atoms with van der Waals surface area (Å²) in [4.78, 5) is 0. The predicted octanol–water partition coefficient (Wildman–Crippen LogP) is 2.99. The molecule has 2 atom stereocenters. The molecule has 0 aromatic rings. The minimum Gasteiger partial charge on any atom is -0.381 e. The SMILES string of the molecule is CNC(C)CC(C)(C)C1CCOC2(CCOCC2)C1. The molecule has 0 aromatic carbocycles. The first-order valence-electron chi connectivity index (χ1n) is 7.86. The van der Waals surface area contributed by atoms with Gasteiger partial charge in [-0.2, -0.15) is 0 Å². The van der Waals surface area contributed by atoms with Crippen molar-refractivity contribution in [3.63, 3.8) is 0 Å². The summed E-state index contributed by atoms with van der Waals surface area (Å²) in [6, 6.07) is 0.587. The van der Waals surface area contributed by atoms with Gasteiger partial charge < -0.3 is 14.8 Å². The Morgan fingerprint density at radius 1 is 1.26 bits per heavy atom. The average molecular weight is 269 g/mol. The fourth-order valence-corrected chi connectivity index (χ4v) is 3.84. The van der Waals surface area contributed by atoms with Gasteiger partial charge in [-0.3, -0.25) is 0 Å². The Morgan fingerprint density at radius 2 is 1.95 bits per heavy atom. The van der Waals surface area contributed by atoms with Crippen molar-refractivity contribution in [2.75, 3.05) is 26.9 Å². The largest absolute Gasteiger partial charge is 0.381 e. The zero-order valence-electron chi connectivity index (χ0n) is 13.1. The highest BCUT2D eigenvalue weighted by atomic mass is 16.5. The number of nitrogens with one attached hydrogen (secondary N) is 1. The normalized spacial score (nSPS) is 29.4. The van der Waals surface area contributed by atoms with Gasteiger partial charge >= 0.3 is 0 Å². The molecule has 0 aromatic heterocycles. The van der Waals surface area contributed by atoms with Gasteiger partial charge in [0.2, 0.25) is 0 Å². The van der Waals surface area contributed by atoms with Crippen LogP contribution in [0, 0.1) is 11.3 Å². The van der Waals surface area contributed by atoms with Crippen LogP contribution in [0.5, 0.6) is 0 Å². The minimum absolute atomic E-state index is 0.126. The molecule has 19 heavy (non-hydrogen) atoms. The zero-order chi connectivity index (χ0) is 13.9. The van der Waals surface area contributed by atoms with Crippen LogP contribution in [-0.2, 0) is 9.47 Å². The summed E-state index contributed by atoms with van der Waals surface area (Å²) >= 11 is 0. The summed E-state index contributed by atoms with van der Waals surface area (Å²) < 4.78 is 11.7. The summed E-state index contributed by atoms with van der Waals surface area (Å²) in [5, 5.41) is 3.38. The number of hydrogen-bond donors (Lipinski definition) is 1. The number of hydrogen-bond acceptors (Lipinski definition) is 3. The maximum Gasteiger partial charge on any atom is 0.0729 e. The second kappa shape index (κ2) is 6.11. The van der Waals surface area contributed by atoms with Crippen LogP contribution in [0.1, 0.15) is 52.9 Å². The first-order chi connectivity index (χ1) is 8.97. The Hall–Kier alpha value is -0.120. The van der Waals surface area contributed by atoms with Crippen molar-refractivity contribution in [1.82, 2.24) is 5.32 Å². The van der Waals surface area contributed by atoms with Crippen molar-refractivity contribution in [2.24, 2.45) is 11.3 Å². The van der Waals surface area contributed by atoms with E-state index in [1.165, 1.54) is 19.3 Å². The lowest BCUT2D eigenvalue weighted by atomic mass is 9.66. The number of ether oxygens (including phenoxy) is 2. The maximum absolute atomic E-state index is 6.17. The average Bonchev–Trinajstić information content (AvgIpc) is 2.39. The van der Waals surface area contributed by atoms with E-state index in [4.69, 9.17) is 9.47 Å². The van der Waals surface area contributed by atoms with Crippen molar-refractivity contribution in [1.29, 1.82) is 0 Å². The molecule has 2 saturated heterocycles. The van der Waals surface area contributed by atoms with E-state index in [0.29, 0.717) is 11.5 Å². The van der Waals surface area contributed by atoms with Crippen molar-refractivity contribution >= 4 is 0 Å². The van der Waals surface area contributed by atoms with Gasteiger partial charge in [0.15, 0.2) is 0 Å². The molecule has 2 fully saturated rings. The zero-order valence-corrected chi connectivity index (χ0v) is 13.1. The first kappa shape index (κ1) is 15.3. The molecule has 2 unspecified atom stereocenters. The van der Waals surface area contributed by atoms with Gasteiger partial charge in [-0.1, -0.05) is 13.8 Å². The molecule has 2 heterocycles. The van der Waals surface area contributed by atoms with Crippen LogP contribution in [0.4, 0.5) is 0 Å². The third-order valence-corrected chi connectivity index (χ3v) is 5.33. The molecule has 0 saturated carbocycles. The monoisotopic (exact) mass is 269 g/mol. The highest BCUT2D eigenvalue weighted by Gasteiger charge is 2.43. The highest BCUT2D eigenvalue weighted by molar-refractivity contribution is 4.94. The van der Waals surface area contributed by atoms with Crippen molar-refractivity contribution in [3.05, 3.63) is 0 Å². The van der Waals surface area contributed by atoms with Crippen LogP contribution in [0.25, 0.3) is 0 Å². The second-order valence-electron chi connectivity index (χ2n) is 7.22. The Labute approximate surface area is 118 Å². The Morgan fingerprint density at radius 3 is 2.58 bits per heavy atom. The highest BCUT2D eigenvalue weighted by Crippen LogP contribution is 2.45. The molecule has 2 aliphatic heterocycles. The molecule has 1 spiro atoms. The van der Waals surface area contributed by atoms with Crippen LogP contribution in [-0.4, -0.2) is 38.5 Å². The molecule has 2 aliphatic rings. The third-order valence-electron chi connectivity index (χ3n) is 5.33. The lowest BCUT2D eigenvalue weighted by Gasteiger charge is -2.48. The van der Waals surface area contributed by atoms with Crippen LogP contribution in [0.3, 0.4) is 0 Å². The van der Waals surface area contributed by atoms with Crippen molar-refractivity contribution < 1.29 is 9.47 Å². The molecule has 0 radical (unpaired) electrons. The van der Waals surface area contributed by atoms with Crippen LogP contribution >= 0.6 is 0 Å². The summed E-state index contributed by atoms with van der Waals surface area (Å²) in [5.41, 5.74) is 0.513. The van der Waals surface area contributed by atoms with Crippen molar-refractivity contribution in [2.45, 2.75) is 64.5 Å². The molecule has 0 aliphatic carbocycles. The lowest BCUT2D eigenvalue weighted by molar-refractivity contribution is -0.160. The van der Waals surface area contributed by atoms with E-state index >= 15 is 0 Å². The summed E-state index contributed by atoms with van der Waals surface area (Å²) in [6.45, 7) is 9.83. The third kappa shape index (κ3) is 3.71. The minimum atomic E-state index is 0.126. The van der Waals surface area contributed by atoms with Crippen LogP contribution in [0.2, 0.25) is 0 Å².